The van der Waals surface area contributed by atoms with Crippen molar-refractivity contribution in [3.05, 3.63) is 173 Å². The summed E-state index contributed by atoms with van der Waals surface area (Å²) in [7, 11) is 0. The first-order valence-electron chi connectivity index (χ1n) is 14.2. The van der Waals surface area contributed by atoms with E-state index in [0.717, 1.165) is 25.0 Å². The molecule has 1 unspecified atom stereocenters. The number of benzene rings is 3. The second kappa shape index (κ2) is 9.47. The van der Waals surface area contributed by atoms with Gasteiger partial charge in [0.2, 0.25) is 0 Å². The van der Waals surface area contributed by atoms with Crippen LogP contribution in [0.15, 0.2) is 150 Å². The first-order valence-corrected chi connectivity index (χ1v) is 14.2. The Hall–Kier alpha value is -4.75. The molecule has 4 aliphatic rings. The van der Waals surface area contributed by atoms with Crippen molar-refractivity contribution in [2.75, 3.05) is 0 Å². The maximum atomic E-state index is 4.69. The Labute approximate surface area is 236 Å². The van der Waals surface area contributed by atoms with Gasteiger partial charge in [-0.1, -0.05) is 115 Å². The Balaban J connectivity index is 1.13. The topological polar surface area (TPSA) is 12.9 Å². The number of aromatic nitrogens is 1. The third kappa shape index (κ3) is 3.89. The fraction of sp³-hybridized carbons (Fsp3) is 0.103. The number of allylic oxidation sites excluding steroid dienone is 12. The number of rotatable bonds is 3. The van der Waals surface area contributed by atoms with Crippen LogP contribution in [0, 0.1) is 5.92 Å². The first-order chi connectivity index (χ1) is 19.8. The highest BCUT2D eigenvalue weighted by Crippen LogP contribution is 2.46. The number of hydrogen-bond acceptors (Lipinski definition) is 1. The van der Waals surface area contributed by atoms with Gasteiger partial charge in [-0.15, -0.1) is 0 Å². The van der Waals surface area contributed by atoms with Gasteiger partial charge < -0.3 is 0 Å². The smallest absolute Gasteiger partial charge is 0.0708 e. The minimum absolute atomic E-state index is 0.417. The highest BCUT2D eigenvalue weighted by Gasteiger charge is 2.28. The van der Waals surface area contributed by atoms with Gasteiger partial charge in [0, 0.05) is 17.7 Å². The number of hydrogen-bond donors (Lipinski definition) is 0. The molecule has 0 saturated heterocycles. The maximum absolute atomic E-state index is 4.69. The molecule has 1 heterocycles. The van der Waals surface area contributed by atoms with Crippen LogP contribution in [0.4, 0.5) is 0 Å². The number of fused-ring (bicyclic) bond motifs is 5. The van der Waals surface area contributed by atoms with E-state index in [1.165, 1.54) is 66.8 Å². The van der Waals surface area contributed by atoms with Gasteiger partial charge in [-0.05, 0) is 93.1 Å². The Morgan fingerprint density at radius 1 is 0.675 bits per heavy atom. The van der Waals surface area contributed by atoms with Gasteiger partial charge in [-0.2, -0.15) is 0 Å². The molecule has 0 bridgehead atoms. The van der Waals surface area contributed by atoms with Crippen molar-refractivity contribution in [3.63, 3.8) is 0 Å². The fourth-order valence-electron chi connectivity index (χ4n) is 6.83. The lowest BCUT2D eigenvalue weighted by Crippen LogP contribution is -2.14. The van der Waals surface area contributed by atoms with E-state index in [4.69, 9.17) is 0 Å². The van der Waals surface area contributed by atoms with Gasteiger partial charge in [-0.3, -0.25) is 4.98 Å². The highest BCUT2D eigenvalue weighted by atomic mass is 14.7. The van der Waals surface area contributed by atoms with Gasteiger partial charge in [0.1, 0.15) is 0 Å². The van der Waals surface area contributed by atoms with Crippen molar-refractivity contribution in [2.24, 2.45) is 5.92 Å². The summed E-state index contributed by atoms with van der Waals surface area (Å²) in [4.78, 5) is 4.69. The third-order valence-electron chi connectivity index (χ3n) is 8.86. The van der Waals surface area contributed by atoms with E-state index in [9.17, 15) is 0 Å². The van der Waals surface area contributed by atoms with Crippen molar-refractivity contribution in [1.29, 1.82) is 0 Å². The summed E-state index contributed by atoms with van der Waals surface area (Å²) in [5.41, 5.74) is 17.5. The molecule has 1 atom stereocenters. The van der Waals surface area contributed by atoms with E-state index < -0.39 is 0 Å². The molecular weight excluding hydrogens is 482 g/mol. The van der Waals surface area contributed by atoms with E-state index in [-0.39, 0.29) is 0 Å². The van der Waals surface area contributed by atoms with Gasteiger partial charge in [0.15, 0.2) is 0 Å². The van der Waals surface area contributed by atoms with E-state index in [0.29, 0.717) is 5.92 Å². The van der Waals surface area contributed by atoms with Crippen LogP contribution in [-0.4, -0.2) is 4.98 Å². The lowest BCUT2D eigenvalue weighted by molar-refractivity contribution is 0.716. The Morgan fingerprint density at radius 2 is 1.57 bits per heavy atom. The lowest BCUT2D eigenvalue weighted by atomic mass is 9.74. The monoisotopic (exact) mass is 511 g/mol. The molecule has 4 aliphatic carbocycles. The maximum Gasteiger partial charge on any atom is 0.0708 e. The zero-order valence-corrected chi connectivity index (χ0v) is 22.3. The minimum Gasteiger partial charge on any atom is -0.256 e. The standard InChI is InChI=1S/C39H29N/c1-2-7-26(8-3-1)27-12-13-28-14-15-29-16-17-30(24-36(29)34(28)21-20-27)31-18-19-32-23-33-9-6-10-35(39(33)37(32)25-31)38-11-4-5-22-40-38/h1-20,22,25,36H,21,23-24H2. The Kier molecular flexibility index (Phi) is 5.48. The van der Waals surface area contributed by atoms with Crippen molar-refractivity contribution in [1.82, 2.24) is 4.98 Å². The van der Waals surface area contributed by atoms with Crippen molar-refractivity contribution in [3.8, 4) is 22.4 Å². The second-order valence-corrected chi connectivity index (χ2v) is 11.1. The van der Waals surface area contributed by atoms with Crippen LogP contribution in [0.3, 0.4) is 0 Å². The zero-order valence-electron chi connectivity index (χ0n) is 22.3. The van der Waals surface area contributed by atoms with Crippen LogP contribution in [0.5, 0.6) is 0 Å². The van der Waals surface area contributed by atoms with E-state index in [2.05, 4.69) is 126 Å². The number of nitrogens with zero attached hydrogens (tertiary/aromatic N) is 1. The summed E-state index contributed by atoms with van der Waals surface area (Å²) in [6.45, 7) is 0. The molecule has 0 amide bonds. The van der Waals surface area contributed by atoms with Crippen LogP contribution in [0.1, 0.15) is 35.1 Å². The summed E-state index contributed by atoms with van der Waals surface area (Å²) in [5.74, 6) is 0.417. The van der Waals surface area contributed by atoms with Crippen molar-refractivity contribution >= 4 is 11.1 Å². The molecule has 0 aliphatic heterocycles. The highest BCUT2D eigenvalue weighted by molar-refractivity contribution is 5.91. The predicted octanol–water partition coefficient (Wildman–Crippen LogP) is 9.56. The molecule has 1 nitrogen and oxygen atoms in total. The van der Waals surface area contributed by atoms with E-state index in [1.54, 1.807) is 0 Å². The third-order valence-corrected chi connectivity index (χ3v) is 8.86. The van der Waals surface area contributed by atoms with Gasteiger partial charge in [0.05, 0.1) is 5.69 Å². The molecular formula is C39H29N. The average Bonchev–Trinajstić information content (AvgIpc) is 3.25. The normalized spacial score (nSPS) is 18.6. The van der Waals surface area contributed by atoms with Crippen molar-refractivity contribution in [2.45, 2.75) is 19.3 Å². The van der Waals surface area contributed by atoms with Crippen LogP contribution >= 0.6 is 0 Å². The Bertz CT molecular complexity index is 1840. The van der Waals surface area contributed by atoms with Gasteiger partial charge in [0.25, 0.3) is 0 Å². The molecule has 1 aromatic heterocycles. The van der Waals surface area contributed by atoms with Crippen LogP contribution in [-0.2, 0) is 6.42 Å². The molecule has 4 aromatic rings. The summed E-state index contributed by atoms with van der Waals surface area (Å²) in [5, 5.41) is 0. The van der Waals surface area contributed by atoms with Gasteiger partial charge >= 0.3 is 0 Å². The van der Waals surface area contributed by atoms with E-state index >= 15 is 0 Å². The molecule has 0 saturated carbocycles. The molecule has 190 valence electrons. The number of pyridine rings is 1. The SMILES string of the molecule is C1=CC2=C(CC=C1c1ccccc1)C1CC(c3ccc4c(c3)-c3c(cccc3-c3ccccn3)C4)=CC=C1C=C2. The molecule has 0 spiro atoms. The van der Waals surface area contributed by atoms with Crippen molar-refractivity contribution < 1.29 is 0 Å². The second-order valence-electron chi connectivity index (χ2n) is 11.1. The first kappa shape index (κ1) is 23.2. The summed E-state index contributed by atoms with van der Waals surface area (Å²) < 4.78 is 0. The molecule has 8 rings (SSSR count). The average molecular weight is 512 g/mol. The van der Waals surface area contributed by atoms with Gasteiger partial charge in [-0.25, -0.2) is 0 Å². The molecule has 0 N–H and O–H groups in total. The quantitative estimate of drug-likeness (QED) is 0.235. The van der Waals surface area contributed by atoms with Crippen LogP contribution in [0.2, 0.25) is 0 Å². The minimum atomic E-state index is 0.417. The molecule has 3 aromatic carbocycles. The van der Waals surface area contributed by atoms with Crippen LogP contribution in [0.25, 0.3) is 33.5 Å². The largest absolute Gasteiger partial charge is 0.256 e. The molecule has 0 fully saturated rings. The fourth-order valence-corrected chi connectivity index (χ4v) is 6.83. The molecule has 0 radical (unpaired) electrons. The molecule has 1 heteroatoms. The zero-order chi connectivity index (χ0) is 26.5. The van der Waals surface area contributed by atoms with E-state index in [1.807, 2.05) is 12.3 Å². The van der Waals surface area contributed by atoms with Crippen LogP contribution < -0.4 is 0 Å². The Morgan fingerprint density at radius 3 is 2.48 bits per heavy atom. The summed E-state index contributed by atoms with van der Waals surface area (Å²) in [6.07, 6.45) is 21.2. The summed E-state index contributed by atoms with van der Waals surface area (Å²) in [6, 6.07) is 30.7. The predicted molar refractivity (Wildman–Crippen MR) is 166 cm³/mol. The lowest BCUT2D eigenvalue weighted by Gasteiger charge is -2.30. The molecule has 40 heavy (non-hydrogen) atoms. The summed E-state index contributed by atoms with van der Waals surface area (Å²) >= 11 is 0.